The molecule has 1 unspecified atom stereocenters. The molecular formula is C24H25F3N4O2. The molecule has 1 aliphatic rings. The number of hydrogen-bond acceptors (Lipinski definition) is 5. The smallest absolute Gasteiger partial charge is 0.416 e. The van der Waals surface area contributed by atoms with E-state index < -0.39 is 17.6 Å². The number of oxazole rings is 1. The highest BCUT2D eigenvalue weighted by Gasteiger charge is 2.29. The van der Waals surface area contributed by atoms with Gasteiger partial charge in [0.25, 0.3) is 6.01 Å². The first kappa shape index (κ1) is 22.8. The van der Waals surface area contributed by atoms with Crippen molar-refractivity contribution in [3.05, 3.63) is 59.7 Å². The number of carbonyl (C=O) groups excluding carboxylic acids is 1. The lowest BCUT2D eigenvalue weighted by atomic mass is 10.1. The van der Waals surface area contributed by atoms with Crippen LogP contribution in [0.15, 0.2) is 53.0 Å². The summed E-state index contributed by atoms with van der Waals surface area (Å²) >= 11 is 0. The first-order chi connectivity index (χ1) is 15.7. The van der Waals surface area contributed by atoms with Crippen molar-refractivity contribution in [3.8, 4) is 0 Å². The van der Waals surface area contributed by atoms with Gasteiger partial charge >= 0.3 is 6.18 Å². The molecule has 174 valence electrons. The fourth-order valence-electron chi connectivity index (χ4n) is 3.94. The van der Waals surface area contributed by atoms with Gasteiger partial charge in [-0.25, -0.2) is 0 Å². The van der Waals surface area contributed by atoms with Crippen LogP contribution in [0, 0.1) is 5.92 Å². The summed E-state index contributed by atoms with van der Waals surface area (Å²) in [5, 5.41) is 2.74. The van der Waals surface area contributed by atoms with E-state index in [0.29, 0.717) is 34.3 Å². The second-order valence-corrected chi connectivity index (χ2v) is 8.42. The topological polar surface area (TPSA) is 61.6 Å². The van der Waals surface area contributed by atoms with Gasteiger partial charge < -0.3 is 19.5 Å². The van der Waals surface area contributed by atoms with Gasteiger partial charge in [-0.2, -0.15) is 18.2 Å². The summed E-state index contributed by atoms with van der Waals surface area (Å²) < 4.78 is 43.8. The van der Waals surface area contributed by atoms with Gasteiger partial charge in [-0.15, -0.1) is 0 Å². The monoisotopic (exact) mass is 458 g/mol. The zero-order chi connectivity index (χ0) is 23.6. The number of nitrogens with zero attached hydrogens (tertiary/aromatic N) is 3. The minimum absolute atomic E-state index is 0.402. The maximum absolute atomic E-state index is 12.6. The Labute approximate surface area is 189 Å². The number of nitrogens with one attached hydrogen (secondary N) is 1. The number of hydrogen-bond donors (Lipinski definition) is 1. The van der Waals surface area contributed by atoms with E-state index in [4.69, 9.17) is 4.42 Å². The Morgan fingerprint density at radius 1 is 1.27 bits per heavy atom. The molecule has 9 heteroatoms. The number of aromatic nitrogens is 1. The Morgan fingerprint density at radius 2 is 2.03 bits per heavy atom. The molecule has 2 aromatic carbocycles. The summed E-state index contributed by atoms with van der Waals surface area (Å²) in [5.74, 6) is 0.168. The van der Waals surface area contributed by atoms with E-state index in [-0.39, 0.29) is 0 Å². The third-order valence-electron chi connectivity index (χ3n) is 5.66. The molecule has 0 radical (unpaired) electrons. The first-order valence-corrected chi connectivity index (χ1v) is 10.6. The van der Waals surface area contributed by atoms with Gasteiger partial charge in [0.2, 0.25) is 5.91 Å². The minimum atomic E-state index is -4.39. The van der Waals surface area contributed by atoms with Crippen LogP contribution in [0.3, 0.4) is 0 Å². The summed E-state index contributed by atoms with van der Waals surface area (Å²) in [7, 11) is 4.08. The van der Waals surface area contributed by atoms with Crippen molar-refractivity contribution in [3.63, 3.8) is 0 Å². The normalized spacial score (nSPS) is 17.2. The number of benzene rings is 2. The molecular weight excluding hydrogens is 433 g/mol. The van der Waals surface area contributed by atoms with Crippen molar-refractivity contribution < 1.29 is 22.4 Å². The van der Waals surface area contributed by atoms with Gasteiger partial charge in [0, 0.05) is 31.9 Å². The second kappa shape index (κ2) is 9.27. The van der Waals surface area contributed by atoms with E-state index in [1.54, 1.807) is 18.2 Å². The van der Waals surface area contributed by atoms with Crippen molar-refractivity contribution in [2.75, 3.05) is 43.9 Å². The second-order valence-electron chi connectivity index (χ2n) is 8.42. The molecule has 3 aromatic rings. The fourth-order valence-corrected chi connectivity index (χ4v) is 3.94. The van der Waals surface area contributed by atoms with E-state index in [2.05, 4.69) is 22.2 Å². The lowest BCUT2D eigenvalue weighted by Gasteiger charge is -2.18. The minimum Gasteiger partial charge on any atom is -0.423 e. The zero-order valence-corrected chi connectivity index (χ0v) is 18.4. The molecule has 1 aliphatic heterocycles. The van der Waals surface area contributed by atoms with Crippen LogP contribution < -0.4 is 10.2 Å². The van der Waals surface area contributed by atoms with Gasteiger partial charge in [-0.1, -0.05) is 12.1 Å². The highest BCUT2D eigenvalue weighted by Crippen LogP contribution is 2.29. The molecule has 0 saturated carbocycles. The Kier molecular flexibility index (Phi) is 6.42. The fraction of sp³-hybridized carbons (Fsp3) is 0.333. The van der Waals surface area contributed by atoms with Gasteiger partial charge in [0.05, 0.1) is 5.56 Å². The van der Waals surface area contributed by atoms with Crippen molar-refractivity contribution in [1.29, 1.82) is 0 Å². The average molecular weight is 458 g/mol. The van der Waals surface area contributed by atoms with E-state index in [9.17, 15) is 18.0 Å². The molecule has 1 amide bonds. The standard InChI is InChI=1S/C24H25F3N4O2/c1-30-12-11-17(14-30)15-31(2)23-29-20-13-19(8-9-21(20)33-23)28-22(32)10-5-16-3-6-18(7-4-16)24(25,26)27/h3-10,13,17H,11-12,14-15H2,1-2H3,(H,28,32)/b10-5-. The number of amides is 1. The van der Waals surface area contributed by atoms with Crippen LogP contribution in [-0.4, -0.2) is 49.5 Å². The maximum atomic E-state index is 12.6. The Hall–Kier alpha value is -3.33. The highest BCUT2D eigenvalue weighted by molar-refractivity contribution is 6.02. The SMILES string of the molecule is CN1CCC(CN(C)c2nc3cc(NC(=O)/C=C\c4ccc(C(F)(F)F)cc4)ccc3o2)C1. The molecule has 0 spiro atoms. The molecule has 0 aliphatic carbocycles. The lowest BCUT2D eigenvalue weighted by Crippen LogP contribution is -2.27. The largest absolute Gasteiger partial charge is 0.423 e. The third kappa shape index (κ3) is 5.73. The van der Waals surface area contributed by atoms with Gasteiger partial charge in [-0.3, -0.25) is 4.79 Å². The van der Waals surface area contributed by atoms with E-state index >= 15 is 0 Å². The van der Waals surface area contributed by atoms with E-state index in [1.807, 2.05) is 11.9 Å². The molecule has 4 rings (SSSR count). The van der Waals surface area contributed by atoms with E-state index in [0.717, 1.165) is 38.2 Å². The molecule has 1 saturated heterocycles. The van der Waals surface area contributed by atoms with Crippen LogP contribution in [0.25, 0.3) is 17.2 Å². The van der Waals surface area contributed by atoms with Crippen LogP contribution in [-0.2, 0) is 11.0 Å². The molecule has 1 aromatic heterocycles. The molecule has 0 bridgehead atoms. The van der Waals surface area contributed by atoms with Crippen molar-refractivity contribution in [2.24, 2.45) is 5.92 Å². The number of carbonyl (C=O) groups is 1. The summed E-state index contributed by atoms with van der Waals surface area (Å²) in [5.41, 5.74) is 1.56. The maximum Gasteiger partial charge on any atom is 0.416 e. The van der Waals surface area contributed by atoms with Gasteiger partial charge in [0.15, 0.2) is 5.58 Å². The Morgan fingerprint density at radius 3 is 2.70 bits per heavy atom. The Balaban J connectivity index is 1.38. The van der Waals surface area contributed by atoms with Crippen LogP contribution in [0.4, 0.5) is 24.9 Å². The quantitative estimate of drug-likeness (QED) is 0.533. The number of rotatable bonds is 6. The number of fused-ring (bicyclic) bond motifs is 1. The molecule has 2 heterocycles. The highest BCUT2D eigenvalue weighted by atomic mass is 19.4. The van der Waals surface area contributed by atoms with E-state index in [1.165, 1.54) is 24.3 Å². The van der Waals surface area contributed by atoms with Crippen molar-refractivity contribution in [1.82, 2.24) is 9.88 Å². The summed E-state index contributed by atoms with van der Waals surface area (Å²) in [6.07, 6.45) is -0.510. The van der Waals surface area contributed by atoms with Crippen molar-refractivity contribution >= 4 is 34.8 Å². The molecule has 1 N–H and O–H groups in total. The number of halogens is 3. The number of likely N-dealkylation sites (tertiary alicyclic amines) is 1. The average Bonchev–Trinajstić information content (AvgIpc) is 3.37. The molecule has 33 heavy (non-hydrogen) atoms. The van der Waals surface area contributed by atoms with Crippen LogP contribution in [0.1, 0.15) is 17.5 Å². The molecule has 1 atom stereocenters. The summed E-state index contributed by atoms with van der Waals surface area (Å²) in [6, 6.07) is 10.3. The molecule has 6 nitrogen and oxygen atoms in total. The predicted molar refractivity (Wildman–Crippen MR) is 122 cm³/mol. The zero-order valence-electron chi connectivity index (χ0n) is 18.4. The van der Waals surface area contributed by atoms with Gasteiger partial charge in [-0.05, 0) is 67.9 Å². The lowest BCUT2D eigenvalue weighted by molar-refractivity contribution is -0.137. The number of anilines is 2. The van der Waals surface area contributed by atoms with Gasteiger partial charge in [0.1, 0.15) is 5.52 Å². The third-order valence-corrected chi connectivity index (χ3v) is 5.66. The summed E-state index contributed by atoms with van der Waals surface area (Å²) in [4.78, 5) is 21.1. The van der Waals surface area contributed by atoms with Crippen LogP contribution in [0.2, 0.25) is 0 Å². The number of alkyl halides is 3. The van der Waals surface area contributed by atoms with Crippen LogP contribution >= 0.6 is 0 Å². The Bertz CT molecular complexity index is 1150. The van der Waals surface area contributed by atoms with Crippen molar-refractivity contribution in [2.45, 2.75) is 12.6 Å². The van der Waals surface area contributed by atoms with Crippen LogP contribution in [0.5, 0.6) is 0 Å². The predicted octanol–water partition coefficient (Wildman–Crippen LogP) is 4.89. The molecule has 1 fully saturated rings. The summed E-state index contributed by atoms with van der Waals surface area (Å²) in [6.45, 7) is 3.01. The first-order valence-electron chi connectivity index (χ1n) is 10.6.